The van der Waals surface area contributed by atoms with Gasteiger partial charge in [-0.1, -0.05) is 42.3 Å². The van der Waals surface area contributed by atoms with Crippen molar-refractivity contribution in [1.82, 2.24) is 4.57 Å². The molecule has 1 aromatic carbocycles. The molecule has 1 saturated carbocycles. The van der Waals surface area contributed by atoms with Crippen molar-refractivity contribution in [3.8, 4) is 0 Å². The van der Waals surface area contributed by atoms with Gasteiger partial charge in [0.05, 0.1) is 0 Å². The molecule has 0 aliphatic heterocycles. The molecule has 2 aromatic rings. The van der Waals surface area contributed by atoms with E-state index in [1.54, 1.807) is 0 Å². The van der Waals surface area contributed by atoms with E-state index in [0.29, 0.717) is 0 Å². The summed E-state index contributed by atoms with van der Waals surface area (Å²) >= 11 is 0. The molecule has 0 saturated heterocycles. The van der Waals surface area contributed by atoms with E-state index in [4.69, 9.17) is 0 Å². The van der Waals surface area contributed by atoms with Crippen molar-refractivity contribution < 1.29 is 4.79 Å². The number of aromatic nitrogens is 1. The fourth-order valence-electron chi connectivity index (χ4n) is 2.45. The van der Waals surface area contributed by atoms with Crippen molar-refractivity contribution in [2.45, 2.75) is 32.7 Å². The van der Waals surface area contributed by atoms with E-state index in [0.717, 1.165) is 31.3 Å². The summed E-state index contributed by atoms with van der Waals surface area (Å²) in [5, 5.41) is 0. The highest BCUT2D eigenvalue weighted by atomic mass is 16.1. The van der Waals surface area contributed by atoms with Crippen LogP contribution in [-0.2, 0) is 11.3 Å². The zero-order chi connectivity index (χ0) is 14.7. The predicted molar refractivity (Wildman–Crippen MR) is 82.6 cm³/mol. The topological polar surface area (TPSA) is 34.4 Å². The first-order valence-electron chi connectivity index (χ1n) is 7.52. The van der Waals surface area contributed by atoms with E-state index in [2.05, 4.69) is 36.2 Å². The Hall–Kier alpha value is -2.16. The third-order valence-corrected chi connectivity index (χ3v) is 4.07. The zero-order valence-electron chi connectivity index (χ0n) is 12.3. The summed E-state index contributed by atoms with van der Waals surface area (Å²) in [7, 11) is 0. The lowest BCUT2D eigenvalue weighted by Gasteiger charge is -2.21. The Labute approximate surface area is 125 Å². The van der Waals surface area contributed by atoms with Gasteiger partial charge in [-0.25, -0.2) is 0 Å². The van der Waals surface area contributed by atoms with Crippen LogP contribution in [0.5, 0.6) is 0 Å². The van der Waals surface area contributed by atoms with Crippen molar-refractivity contribution in [2.24, 2.45) is 10.9 Å². The number of benzene rings is 1. The maximum absolute atomic E-state index is 12.1. The van der Waals surface area contributed by atoms with E-state index in [1.807, 2.05) is 29.0 Å². The molecule has 1 aliphatic carbocycles. The molecule has 3 rings (SSSR count). The molecule has 108 valence electrons. The Bertz CT molecular complexity index is 694. The van der Waals surface area contributed by atoms with Gasteiger partial charge in [0.15, 0.2) is 0 Å². The molecule has 0 unspecified atom stereocenters. The van der Waals surface area contributed by atoms with Crippen LogP contribution in [0.15, 0.2) is 53.7 Å². The summed E-state index contributed by atoms with van der Waals surface area (Å²) in [5.41, 5.74) is 3.21. The lowest BCUT2D eigenvalue weighted by Crippen LogP contribution is -2.26. The Morgan fingerprint density at radius 3 is 2.62 bits per heavy atom. The second-order valence-electron chi connectivity index (χ2n) is 5.75. The first-order valence-corrected chi connectivity index (χ1v) is 7.52. The minimum atomic E-state index is 0.0325. The number of aryl methyl sites for hydroxylation is 1. The molecule has 3 heteroatoms. The maximum Gasteiger partial charge on any atom is 0.250 e. The molecule has 0 bridgehead atoms. The van der Waals surface area contributed by atoms with Crippen molar-refractivity contribution in [3.63, 3.8) is 0 Å². The molecule has 1 aromatic heterocycles. The number of amides is 1. The van der Waals surface area contributed by atoms with Gasteiger partial charge in [0, 0.05) is 18.7 Å². The van der Waals surface area contributed by atoms with Gasteiger partial charge in [-0.3, -0.25) is 4.79 Å². The quantitative estimate of drug-likeness (QED) is 0.850. The van der Waals surface area contributed by atoms with Crippen LogP contribution >= 0.6 is 0 Å². The molecule has 1 amide bonds. The van der Waals surface area contributed by atoms with Crippen LogP contribution in [-0.4, -0.2) is 10.5 Å². The summed E-state index contributed by atoms with van der Waals surface area (Å²) < 4.78 is 2.03. The van der Waals surface area contributed by atoms with Gasteiger partial charge in [-0.2, -0.15) is 4.99 Å². The number of pyridine rings is 1. The normalized spacial score (nSPS) is 15.8. The molecule has 21 heavy (non-hydrogen) atoms. The van der Waals surface area contributed by atoms with E-state index in [9.17, 15) is 4.79 Å². The van der Waals surface area contributed by atoms with Crippen molar-refractivity contribution >= 4 is 5.91 Å². The largest absolute Gasteiger partial charge is 0.328 e. The van der Waals surface area contributed by atoms with E-state index >= 15 is 0 Å². The average molecular weight is 280 g/mol. The highest BCUT2D eigenvalue weighted by Crippen LogP contribution is 2.27. The molecule has 1 heterocycles. The molecule has 0 atom stereocenters. The SMILES string of the molecule is Cc1ccc(Cn2ccccc2=NC(=O)C2CCC2)cc1. The van der Waals surface area contributed by atoms with Crippen LogP contribution < -0.4 is 5.49 Å². The minimum absolute atomic E-state index is 0.0325. The smallest absolute Gasteiger partial charge is 0.250 e. The molecule has 3 nitrogen and oxygen atoms in total. The number of hydrogen-bond acceptors (Lipinski definition) is 1. The summed E-state index contributed by atoms with van der Waals surface area (Å²) in [6, 6.07) is 14.3. The molecular formula is C18H20N2O. The van der Waals surface area contributed by atoms with Crippen molar-refractivity contribution in [2.75, 3.05) is 0 Å². The number of carbonyl (C=O) groups excluding carboxylic acids is 1. The van der Waals surface area contributed by atoms with Crippen molar-refractivity contribution in [1.29, 1.82) is 0 Å². The van der Waals surface area contributed by atoms with Crippen LogP contribution in [0, 0.1) is 12.8 Å². The minimum Gasteiger partial charge on any atom is -0.328 e. The summed E-state index contributed by atoms with van der Waals surface area (Å²) in [4.78, 5) is 16.4. The molecular weight excluding hydrogens is 260 g/mol. The third-order valence-electron chi connectivity index (χ3n) is 4.07. The van der Waals surface area contributed by atoms with E-state index in [1.165, 1.54) is 11.1 Å². The fraction of sp³-hybridized carbons (Fsp3) is 0.333. The summed E-state index contributed by atoms with van der Waals surface area (Å²) in [6.45, 7) is 2.81. The molecule has 0 spiro atoms. The number of hydrogen-bond donors (Lipinski definition) is 0. The Morgan fingerprint density at radius 1 is 1.19 bits per heavy atom. The highest BCUT2D eigenvalue weighted by Gasteiger charge is 2.24. The van der Waals surface area contributed by atoms with Crippen LogP contribution in [0.3, 0.4) is 0 Å². The number of rotatable bonds is 3. The highest BCUT2D eigenvalue weighted by molar-refractivity contribution is 5.80. The summed E-state index contributed by atoms with van der Waals surface area (Å²) in [6.07, 6.45) is 5.12. The van der Waals surface area contributed by atoms with Gasteiger partial charge < -0.3 is 4.57 Å². The Kier molecular flexibility index (Phi) is 4.00. The monoisotopic (exact) mass is 280 g/mol. The molecule has 1 fully saturated rings. The van der Waals surface area contributed by atoms with E-state index < -0.39 is 0 Å². The first kappa shape index (κ1) is 13.8. The van der Waals surface area contributed by atoms with Crippen LogP contribution in [0.25, 0.3) is 0 Å². The van der Waals surface area contributed by atoms with E-state index in [-0.39, 0.29) is 11.8 Å². The standard InChI is InChI=1S/C18H20N2O/c1-14-8-10-15(11-9-14)13-20-12-3-2-7-17(20)19-18(21)16-5-4-6-16/h2-3,7-12,16H,4-6,13H2,1H3. The van der Waals surface area contributed by atoms with Crippen LogP contribution in [0.1, 0.15) is 30.4 Å². The first-order chi connectivity index (χ1) is 10.2. The van der Waals surface area contributed by atoms with Gasteiger partial charge in [0.1, 0.15) is 5.49 Å². The Morgan fingerprint density at radius 2 is 1.95 bits per heavy atom. The van der Waals surface area contributed by atoms with Gasteiger partial charge >= 0.3 is 0 Å². The molecule has 0 N–H and O–H groups in total. The van der Waals surface area contributed by atoms with Crippen LogP contribution in [0.2, 0.25) is 0 Å². The summed E-state index contributed by atoms with van der Waals surface area (Å²) in [5.74, 6) is 0.183. The van der Waals surface area contributed by atoms with Gasteiger partial charge in [0.25, 0.3) is 5.91 Å². The number of nitrogens with zero attached hydrogens (tertiary/aromatic N) is 2. The molecule has 1 aliphatic rings. The second-order valence-corrected chi connectivity index (χ2v) is 5.75. The second kappa shape index (κ2) is 6.08. The van der Waals surface area contributed by atoms with Gasteiger partial charge in [-0.15, -0.1) is 0 Å². The zero-order valence-corrected chi connectivity index (χ0v) is 12.3. The maximum atomic E-state index is 12.1. The van der Waals surface area contributed by atoms with Crippen LogP contribution in [0.4, 0.5) is 0 Å². The lowest BCUT2D eigenvalue weighted by molar-refractivity contribution is -0.124. The average Bonchev–Trinajstić information content (AvgIpc) is 2.41. The van der Waals surface area contributed by atoms with Gasteiger partial charge in [-0.05, 0) is 37.5 Å². The third kappa shape index (κ3) is 3.30. The molecule has 0 radical (unpaired) electrons. The number of carbonyl (C=O) groups is 1. The lowest BCUT2D eigenvalue weighted by atomic mass is 9.85. The van der Waals surface area contributed by atoms with Gasteiger partial charge in [0.2, 0.25) is 0 Å². The van der Waals surface area contributed by atoms with Crippen molar-refractivity contribution in [3.05, 3.63) is 65.3 Å². The Balaban J connectivity index is 1.86. The predicted octanol–water partition coefficient (Wildman–Crippen LogP) is 3.07. The fourth-order valence-corrected chi connectivity index (χ4v) is 2.45.